The molecule has 25 heavy (non-hydrogen) atoms. The number of ether oxygens (including phenoxy) is 1. The number of hydrogen-bond acceptors (Lipinski definition) is 5. The second-order valence-corrected chi connectivity index (χ2v) is 6.85. The third kappa shape index (κ3) is 4.33. The Labute approximate surface area is 151 Å². The monoisotopic (exact) mass is 356 g/mol. The number of carbonyl (C=O) groups excluding carboxylic acids is 2. The molecular formula is C19H20N2O3S. The molecular weight excluding hydrogens is 336 g/mol. The first-order valence-electron chi connectivity index (χ1n) is 8.12. The summed E-state index contributed by atoms with van der Waals surface area (Å²) in [6.07, 6.45) is 1.04. The van der Waals surface area contributed by atoms with Gasteiger partial charge in [-0.2, -0.15) is 0 Å². The van der Waals surface area contributed by atoms with Gasteiger partial charge in [0.1, 0.15) is 0 Å². The number of amides is 1. The number of para-hydroxylation sites is 1. The molecule has 2 aromatic rings. The van der Waals surface area contributed by atoms with Gasteiger partial charge in [0.2, 0.25) is 5.91 Å². The third-order valence-corrected chi connectivity index (χ3v) is 5.11. The minimum absolute atomic E-state index is 0.0764. The normalized spacial score (nSPS) is 13.6. The highest BCUT2D eigenvalue weighted by Crippen LogP contribution is 2.33. The molecule has 3 rings (SSSR count). The van der Waals surface area contributed by atoms with Crippen LogP contribution in [0, 0.1) is 0 Å². The van der Waals surface area contributed by atoms with E-state index in [0.29, 0.717) is 17.8 Å². The molecule has 0 radical (unpaired) electrons. The lowest BCUT2D eigenvalue weighted by atomic mass is 10.2. The van der Waals surface area contributed by atoms with Crippen molar-refractivity contribution in [3.63, 3.8) is 0 Å². The summed E-state index contributed by atoms with van der Waals surface area (Å²) in [5.41, 5.74) is 2.23. The number of hydrogen-bond donors (Lipinski definition) is 1. The first kappa shape index (κ1) is 17.4. The van der Waals surface area contributed by atoms with Crippen LogP contribution in [0.15, 0.2) is 53.4 Å². The summed E-state index contributed by atoms with van der Waals surface area (Å²) in [6, 6.07) is 14.9. The van der Waals surface area contributed by atoms with E-state index >= 15 is 0 Å². The molecule has 0 bridgehead atoms. The maximum absolute atomic E-state index is 12.4. The standard InChI is InChI=1S/C19H20N2O3S/c1-24-19(23)14-7-9-15(10-8-14)20-18(22)13-21-11-4-12-25-17-6-3-2-5-16(17)21/h2-3,5-10H,4,11-13H2,1H3,(H,20,22). The van der Waals surface area contributed by atoms with Crippen molar-refractivity contribution in [1.82, 2.24) is 0 Å². The van der Waals surface area contributed by atoms with E-state index in [1.807, 2.05) is 23.9 Å². The second-order valence-electron chi connectivity index (χ2n) is 5.71. The number of rotatable bonds is 4. The fourth-order valence-electron chi connectivity index (χ4n) is 2.74. The molecule has 0 unspecified atom stereocenters. The fraction of sp³-hybridized carbons (Fsp3) is 0.263. The molecule has 0 fully saturated rings. The van der Waals surface area contributed by atoms with E-state index in [-0.39, 0.29) is 5.91 Å². The summed E-state index contributed by atoms with van der Waals surface area (Å²) in [6.45, 7) is 1.16. The molecule has 1 heterocycles. The van der Waals surface area contributed by atoms with Crippen LogP contribution in [-0.4, -0.2) is 37.8 Å². The number of thioether (sulfide) groups is 1. The zero-order valence-electron chi connectivity index (χ0n) is 14.0. The minimum atomic E-state index is -0.392. The average molecular weight is 356 g/mol. The second kappa shape index (κ2) is 8.07. The molecule has 6 heteroatoms. The van der Waals surface area contributed by atoms with Crippen molar-refractivity contribution in [2.45, 2.75) is 11.3 Å². The summed E-state index contributed by atoms with van der Waals surface area (Å²) < 4.78 is 4.67. The van der Waals surface area contributed by atoms with Crippen molar-refractivity contribution < 1.29 is 14.3 Å². The number of nitrogens with one attached hydrogen (secondary N) is 1. The van der Waals surface area contributed by atoms with Crippen LogP contribution in [0.3, 0.4) is 0 Å². The minimum Gasteiger partial charge on any atom is -0.465 e. The van der Waals surface area contributed by atoms with Crippen LogP contribution in [0.1, 0.15) is 16.8 Å². The number of nitrogens with zero attached hydrogens (tertiary/aromatic N) is 1. The van der Waals surface area contributed by atoms with Gasteiger partial charge < -0.3 is 15.0 Å². The van der Waals surface area contributed by atoms with Crippen LogP contribution >= 0.6 is 11.8 Å². The third-order valence-electron chi connectivity index (χ3n) is 3.96. The van der Waals surface area contributed by atoms with Gasteiger partial charge in [0, 0.05) is 17.1 Å². The highest BCUT2D eigenvalue weighted by atomic mass is 32.2. The molecule has 5 nitrogen and oxygen atoms in total. The zero-order valence-corrected chi connectivity index (χ0v) is 14.8. The fourth-order valence-corrected chi connectivity index (χ4v) is 3.76. The first-order chi connectivity index (χ1) is 12.2. The van der Waals surface area contributed by atoms with Crippen molar-refractivity contribution in [3.8, 4) is 0 Å². The van der Waals surface area contributed by atoms with E-state index in [1.165, 1.54) is 12.0 Å². The van der Waals surface area contributed by atoms with Crippen molar-refractivity contribution in [2.24, 2.45) is 0 Å². The van der Waals surface area contributed by atoms with Crippen molar-refractivity contribution in [1.29, 1.82) is 0 Å². The van der Waals surface area contributed by atoms with Crippen LogP contribution in [0.2, 0.25) is 0 Å². The maximum atomic E-state index is 12.4. The predicted molar refractivity (Wildman–Crippen MR) is 100 cm³/mol. The molecule has 1 amide bonds. The Morgan fingerprint density at radius 3 is 2.68 bits per heavy atom. The average Bonchev–Trinajstić information content (AvgIpc) is 2.84. The molecule has 1 aliphatic rings. The van der Waals surface area contributed by atoms with E-state index in [9.17, 15) is 9.59 Å². The number of benzene rings is 2. The van der Waals surface area contributed by atoms with Gasteiger partial charge in [-0.3, -0.25) is 4.79 Å². The number of fused-ring (bicyclic) bond motifs is 1. The summed E-state index contributed by atoms with van der Waals surface area (Å²) in [4.78, 5) is 27.2. The van der Waals surface area contributed by atoms with E-state index in [2.05, 4.69) is 27.1 Å². The number of carbonyl (C=O) groups is 2. The van der Waals surface area contributed by atoms with Crippen molar-refractivity contribution in [2.75, 3.05) is 36.2 Å². The van der Waals surface area contributed by atoms with Gasteiger partial charge in [0.25, 0.3) is 0 Å². The topological polar surface area (TPSA) is 58.6 Å². The number of methoxy groups -OCH3 is 1. The number of anilines is 2. The van der Waals surface area contributed by atoms with Crippen molar-refractivity contribution in [3.05, 3.63) is 54.1 Å². The Bertz CT molecular complexity index is 762. The molecule has 130 valence electrons. The Kier molecular flexibility index (Phi) is 5.60. The lowest BCUT2D eigenvalue weighted by molar-refractivity contribution is -0.115. The van der Waals surface area contributed by atoms with E-state index in [4.69, 9.17) is 0 Å². The van der Waals surface area contributed by atoms with Gasteiger partial charge in [0.15, 0.2) is 0 Å². The quantitative estimate of drug-likeness (QED) is 0.851. The molecule has 0 aliphatic carbocycles. The van der Waals surface area contributed by atoms with Crippen LogP contribution in [-0.2, 0) is 9.53 Å². The Morgan fingerprint density at radius 1 is 1.16 bits per heavy atom. The lowest BCUT2D eigenvalue weighted by Crippen LogP contribution is -2.34. The zero-order chi connectivity index (χ0) is 17.6. The summed E-state index contributed by atoms with van der Waals surface area (Å²) in [5, 5.41) is 2.89. The summed E-state index contributed by atoms with van der Waals surface area (Å²) in [7, 11) is 1.34. The lowest BCUT2D eigenvalue weighted by Gasteiger charge is -2.23. The van der Waals surface area contributed by atoms with Gasteiger partial charge in [-0.25, -0.2) is 4.79 Å². The van der Waals surface area contributed by atoms with Crippen molar-refractivity contribution >= 4 is 35.0 Å². The van der Waals surface area contributed by atoms with Gasteiger partial charge in [-0.05, 0) is 48.6 Å². The molecule has 0 saturated heterocycles. The predicted octanol–water partition coefficient (Wildman–Crippen LogP) is 3.41. The van der Waals surface area contributed by atoms with Crippen LogP contribution in [0.5, 0.6) is 0 Å². The Balaban J connectivity index is 1.65. The molecule has 0 spiro atoms. The Hall–Kier alpha value is -2.47. The summed E-state index contributed by atoms with van der Waals surface area (Å²) >= 11 is 1.83. The highest BCUT2D eigenvalue weighted by molar-refractivity contribution is 7.99. The SMILES string of the molecule is COC(=O)c1ccc(NC(=O)CN2CCCSc3ccccc32)cc1. The van der Waals surface area contributed by atoms with Crippen LogP contribution in [0.25, 0.3) is 0 Å². The molecule has 1 N–H and O–H groups in total. The number of esters is 1. The summed E-state index contributed by atoms with van der Waals surface area (Å²) in [5.74, 6) is 0.591. The molecule has 0 aromatic heterocycles. The largest absolute Gasteiger partial charge is 0.465 e. The molecule has 0 atom stereocenters. The van der Waals surface area contributed by atoms with Gasteiger partial charge in [-0.15, -0.1) is 11.8 Å². The van der Waals surface area contributed by atoms with Gasteiger partial charge in [0.05, 0.1) is 24.9 Å². The first-order valence-corrected chi connectivity index (χ1v) is 9.11. The van der Waals surface area contributed by atoms with Gasteiger partial charge >= 0.3 is 5.97 Å². The highest BCUT2D eigenvalue weighted by Gasteiger charge is 2.18. The van der Waals surface area contributed by atoms with E-state index < -0.39 is 5.97 Å². The molecule has 0 saturated carbocycles. The Morgan fingerprint density at radius 2 is 1.92 bits per heavy atom. The van der Waals surface area contributed by atoms with Crippen LogP contribution < -0.4 is 10.2 Å². The molecule has 1 aliphatic heterocycles. The van der Waals surface area contributed by atoms with Crippen LogP contribution in [0.4, 0.5) is 11.4 Å². The molecule has 2 aromatic carbocycles. The smallest absolute Gasteiger partial charge is 0.337 e. The van der Waals surface area contributed by atoms with E-state index in [0.717, 1.165) is 24.4 Å². The van der Waals surface area contributed by atoms with Gasteiger partial charge in [-0.1, -0.05) is 12.1 Å². The van der Waals surface area contributed by atoms with E-state index in [1.54, 1.807) is 24.3 Å². The maximum Gasteiger partial charge on any atom is 0.337 e.